The topological polar surface area (TPSA) is 50.7 Å². The molecule has 168 valence electrons. The first-order valence-corrected chi connectivity index (χ1v) is 10.9. The molecule has 1 amide bonds. The number of thioether (sulfide) groups is 1. The Bertz CT molecular complexity index is 1220. The number of carbonyl (C=O) groups excluding carboxylic acids is 1. The summed E-state index contributed by atoms with van der Waals surface area (Å²) in [4.78, 5) is 16.6. The zero-order chi connectivity index (χ0) is 23.4. The molecule has 33 heavy (non-hydrogen) atoms. The number of hydrogen-bond acceptors (Lipinski definition) is 4. The van der Waals surface area contributed by atoms with Gasteiger partial charge >= 0.3 is 6.18 Å². The average Bonchev–Trinajstić information content (AvgIpc) is 3.12. The molecule has 1 fully saturated rings. The molecule has 1 aliphatic heterocycles. The number of rotatable bonds is 5. The minimum absolute atomic E-state index is 0.0888. The summed E-state index contributed by atoms with van der Waals surface area (Å²) in [5.41, 5.74) is 0.599. The Morgan fingerprint density at radius 3 is 2.39 bits per heavy atom. The van der Waals surface area contributed by atoms with E-state index in [-0.39, 0.29) is 10.9 Å². The van der Waals surface area contributed by atoms with Crippen LogP contribution in [0.25, 0.3) is 6.08 Å². The predicted octanol–water partition coefficient (Wildman–Crippen LogP) is 6.83. The molecule has 1 saturated heterocycles. The lowest BCUT2D eigenvalue weighted by atomic mass is 10.2. The summed E-state index contributed by atoms with van der Waals surface area (Å²) in [6.07, 6.45) is -2.90. The van der Waals surface area contributed by atoms with E-state index in [1.54, 1.807) is 42.5 Å². The third kappa shape index (κ3) is 5.97. The second kappa shape index (κ2) is 9.72. The quantitative estimate of drug-likeness (QED) is 0.400. The molecular weight excluding hydrogens is 473 g/mol. The van der Waals surface area contributed by atoms with Gasteiger partial charge in [0.2, 0.25) is 0 Å². The minimum atomic E-state index is -4.54. The van der Waals surface area contributed by atoms with Crippen molar-refractivity contribution in [3.8, 4) is 5.75 Å². The van der Waals surface area contributed by atoms with E-state index in [4.69, 9.17) is 16.3 Å². The van der Waals surface area contributed by atoms with Gasteiger partial charge in [0.05, 0.1) is 16.2 Å². The standard InChI is InChI=1S/C24H16ClF3N2O2S/c25-17-9-5-16(6-10-17)14-32-18-11-7-15(8-12-18)13-21-22(31)30-23(33-21)29-20-4-2-1-3-19(20)24(26,27)28/h1-13H,14H2,(H,29,30,31)/b21-13-. The maximum absolute atomic E-state index is 13.2. The molecule has 0 saturated carbocycles. The van der Waals surface area contributed by atoms with Crippen molar-refractivity contribution in [1.82, 2.24) is 5.32 Å². The molecule has 1 heterocycles. The number of carbonyl (C=O) groups is 1. The molecule has 1 N–H and O–H groups in total. The third-order valence-corrected chi connectivity index (χ3v) is 5.74. The van der Waals surface area contributed by atoms with Crippen LogP contribution in [0.3, 0.4) is 0 Å². The average molecular weight is 489 g/mol. The summed E-state index contributed by atoms with van der Waals surface area (Å²) >= 11 is 6.85. The number of amides is 1. The molecule has 4 rings (SSSR count). The molecule has 0 atom stereocenters. The minimum Gasteiger partial charge on any atom is -0.489 e. The van der Waals surface area contributed by atoms with Gasteiger partial charge in [-0.15, -0.1) is 0 Å². The lowest BCUT2D eigenvalue weighted by Gasteiger charge is -2.09. The van der Waals surface area contributed by atoms with Crippen LogP contribution in [0.5, 0.6) is 5.75 Å². The highest BCUT2D eigenvalue weighted by molar-refractivity contribution is 8.18. The normalized spacial score (nSPS) is 16.3. The van der Waals surface area contributed by atoms with Crippen LogP contribution in [0.2, 0.25) is 5.02 Å². The maximum Gasteiger partial charge on any atom is 0.418 e. The Morgan fingerprint density at radius 2 is 1.70 bits per heavy atom. The number of aliphatic imine (C=N–C) groups is 1. The fourth-order valence-electron chi connectivity index (χ4n) is 2.96. The predicted molar refractivity (Wildman–Crippen MR) is 124 cm³/mol. The second-order valence-corrected chi connectivity index (χ2v) is 8.45. The smallest absolute Gasteiger partial charge is 0.418 e. The first-order chi connectivity index (χ1) is 15.8. The number of amidine groups is 1. The van der Waals surface area contributed by atoms with Gasteiger partial charge in [-0.2, -0.15) is 13.2 Å². The molecule has 3 aromatic rings. The summed E-state index contributed by atoms with van der Waals surface area (Å²) in [5.74, 6) is 0.230. The number of nitrogens with zero attached hydrogens (tertiary/aromatic N) is 1. The van der Waals surface area contributed by atoms with Gasteiger partial charge < -0.3 is 10.1 Å². The number of benzene rings is 3. The van der Waals surface area contributed by atoms with Gasteiger partial charge in [-0.05, 0) is 65.4 Å². The van der Waals surface area contributed by atoms with E-state index in [9.17, 15) is 18.0 Å². The summed E-state index contributed by atoms with van der Waals surface area (Å²) in [7, 11) is 0. The molecule has 1 aliphatic rings. The number of ether oxygens (including phenoxy) is 1. The molecule has 0 bridgehead atoms. The highest BCUT2D eigenvalue weighted by Crippen LogP contribution is 2.37. The largest absolute Gasteiger partial charge is 0.489 e. The van der Waals surface area contributed by atoms with E-state index in [0.29, 0.717) is 22.3 Å². The number of hydrogen-bond donors (Lipinski definition) is 1. The lowest BCUT2D eigenvalue weighted by Crippen LogP contribution is -2.19. The highest BCUT2D eigenvalue weighted by atomic mass is 35.5. The lowest BCUT2D eigenvalue weighted by molar-refractivity contribution is -0.137. The van der Waals surface area contributed by atoms with Crippen molar-refractivity contribution in [1.29, 1.82) is 0 Å². The Morgan fingerprint density at radius 1 is 1.00 bits per heavy atom. The molecule has 0 aliphatic carbocycles. The Kier molecular flexibility index (Phi) is 6.76. The van der Waals surface area contributed by atoms with Gasteiger partial charge in [-0.1, -0.05) is 48.0 Å². The van der Waals surface area contributed by atoms with E-state index >= 15 is 0 Å². The maximum atomic E-state index is 13.2. The van der Waals surface area contributed by atoms with E-state index in [0.717, 1.165) is 29.0 Å². The van der Waals surface area contributed by atoms with Crippen LogP contribution >= 0.6 is 23.4 Å². The van der Waals surface area contributed by atoms with Gasteiger partial charge in [0, 0.05) is 5.02 Å². The van der Waals surface area contributed by atoms with Crippen LogP contribution < -0.4 is 10.1 Å². The number of para-hydroxylation sites is 1. The van der Waals surface area contributed by atoms with Crippen molar-refractivity contribution in [3.63, 3.8) is 0 Å². The van der Waals surface area contributed by atoms with Gasteiger partial charge in [0.1, 0.15) is 12.4 Å². The zero-order valence-corrected chi connectivity index (χ0v) is 18.5. The summed E-state index contributed by atoms with van der Waals surface area (Å²) in [6.45, 7) is 0.384. The first-order valence-electron chi connectivity index (χ1n) is 9.71. The molecule has 0 unspecified atom stereocenters. The molecular formula is C24H16ClF3N2O2S. The molecule has 9 heteroatoms. The van der Waals surface area contributed by atoms with Crippen LogP contribution in [0.1, 0.15) is 16.7 Å². The van der Waals surface area contributed by atoms with Crippen molar-refractivity contribution in [2.45, 2.75) is 12.8 Å². The van der Waals surface area contributed by atoms with Crippen molar-refractivity contribution in [2.24, 2.45) is 4.99 Å². The Balaban J connectivity index is 1.44. The van der Waals surface area contributed by atoms with Crippen molar-refractivity contribution >= 4 is 46.2 Å². The van der Waals surface area contributed by atoms with E-state index in [1.807, 2.05) is 12.1 Å². The first kappa shape index (κ1) is 22.9. The third-order valence-electron chi connectivity index (χ3n) is 4.58. The van der Waals surface area contributed by atoms with Gasteiger partial charge in [0.15, 0.2) is 5.17 Å². The van der Waals surface area contributed by atoms with Gasteiger partial charge in [-0.3, -0.25) is 4.79 Å². The number of alkyl halides is 3. The van der Waals surface area contributed by atoms with Gasteiger partial charge in [0.25, 0.3) is 5.91 Å². The fraction of sp³-hybridized carbons (Fsp3) is 0.0833. The van der Waals surface area contributed by atoms with E-state index in [2.05, 4.69) is 10.3 Å². The second-order valence-electron chi connectivity index (χ2n) is 6.98. The SMILES string of the molecule is O=C1NC(=Nc2ccccc2C(F)(F)F)S/C1=C\c1ccc(OCc2ccc(Cl)cc2)cc1. The van der Waals surface area contributed by atoms with E-state index < -0.39 is 17.6 Å². The molecule has 0 radical (unpaired) electrons. The Labute approximate surface area is 197 Å². The number of nitrogens with one attached hydrogen (secondary N) is 1. The van der Waals surface area contributed by atoms with Crippen LogP contribution in [0, 0.1) is 0 Å². The van der Waals surface area contributed by atoms with Crippen LogP contribution in [-0.4, -0.2) is 11.1 Å². The zero-order valence-electron chi connectivity index (χ0n) is 16.9. The summed E-state index contributed by atoms with van der Waals surface area (Å²) in [6, 6.07) is 19.4. The van der Waals surface area contributed by atoms with Crippen LogP contribution in [0.4, 0.5) is 18.9 Å². The summed E-state index contributed by atoms with van der Waals surface area (Å²) in [5, 5.41) is 3.25. The highest BCUT2D eigenvalue weighted by Gasteiger charge is 2.34. The Hall–Kier alpha value is -3.23. The van der Waals surface area contributed by atoms with Gasteiger partial charge in [-0.25, -0.2) is 4.99 Å². The molecule has 0 spiro atoms. The van der Waals surface area contributed by atoms with E-state index in [1.165, 1.54) is 18.2 Å². The fourth-order valence-corrected chi connectivity index (χ4v) is 3.92. The van der Waals surface area contributed by atoms with Crippen molar-refractivity contribution in [2.75, 3.05) is 0 Å². The van der Waals surface area contributed by atoms with Crippen LogP contribution in [-0.2, 0) is 17.6 Å². The monoisotopic (exact) mass is 488 g/mol. The van der Waals surface area contributed by atoms with Crippen molar-refractivity contribution < 1.29 is 22.7 Å². The molecule has 3 aromatic carbocycles. The molecule has 4 nitrogen and oxygen atoms in total. The van der Waals surface area contributed by atoms with Crippen molar-refractivity contribution in [3.05, 3.63) is 99.4 Å². The number of halogens is 4. The summed E-state index contributed by atoms with van der Waals surface area (Å²) < 4.78 is 45.3. The van der Waals surface area contributed by atoms with Crippen LogP contribution in [0.15, 0.2) is 82.7 Å². The molecule has 0 aromatic heterocycles.